The molecule has 0 spiro atoms. The average molecular weight is 447 g/mol. The van der Waals surface area contributed by atoms with E-state index in [0.717, 1.165) is 18.4 Å². The molecule has 1 aliphatic heterocycles. The van der Waals surface area contributed by atoms with Crippen molar-refractivity contribution in [1.29, 1.82) is 0 Å². The highest BCUT2D eigenvalue weighted by Crippen LogP contribution is 2.34. The van der Waals surface area contributed by atoms with Crippen LogP contribution in [0, 0.1) is 0 Å². The molecule has 5 heteroatoms. The van der Waals surface area contributed by atoms with E-state index >= 15 is 0 Å². The lowest BCUT2D eigenvalue weighted by Crippen LogP contribution is -2.29. The molecule has 1 saturated heterocycles. The number of ether oxygens (including phenoxy) is 4. The molecule has 0 aromatic heterocycles. The Morgan fingerprint density at radius 2 is 1.70 bits per heavy atom. The second kappa shape index (κ2) is 11.1. The Balaban J connectivity index is 1.55. The molecule has 0 radical (unpaired) electrons. The molecular weight excluding hydrogens is 416 g/mol. The number of rotatable bonds is 9. The average Bonchev–Trinajstić information content (AvgIpc) is 2.89. The van der Waals surface area contributed by atoms with Crippen molar-refractivity contribution in [2.75, 3.05) is 20.3 Å². The first-order valence-corrected chi connectivity index (χ1v) is 11.4. The van der Waals surface area contributed by atoms with Crippen molar-refractivity contribution in [3.8, 4) is 17.2 Å². The quantitative estimate of drug-likeness (QED) is 0.368. The van der Waals surface area contributed by atoms with Gasteiger partial charge >= 0.3 is 0 Å². The number of ketones is 1. The highest BCUT2D eigenvalue weighted by atomic mass is 16.7. The summed E-state index contributed by atoms with van der Waals surface area (Å²) in [6, 6.07) is 23.0. The van der Waals surface area contributed by atoms with Crippen LogP contribution >= 0.6 is 0 Å². The van der Waals surface area contributed by atoms with Crippen LogP contribution in [-0.2, 0) is 15.9 Å². The van der Waals surface area contributed by atoms with Crippen LogP contribution in [0.15, 0.2) is 72.8 Å². The third-order valence-electron chi connectivity index (χ3n) is 5.85. The molecule has 3 aromatic carbocycles. The number of carbonyl (C=O) groups is 1. The van der Waals surface area contributed by atoms with Gasteiger partial charge in [0.1, 0.15) is 5.75 Å². The largest absolute Gasteiger partial charge is 0.493 e. The van der Waals surface area contributed by atoms with Gasteiger partial charge in [0.2, 0.25) is 0 Å². The molecule has 1 atom stereocenters. The Hall–Kier alpha value is -3.15. The van der Waals surface area contributed by atoms with Gasteiger partial charge in [0, 0.05) is 12.0 Å². The number of benzene rings is 3. The van der Waals surface area contributed by atoms with Gasteiger partial charge in [-0.3, -0.25) is 4.79 Å². The van der Waals surface area contributed by atoms with Crippen LogP contribution in [0.1, 0.15) is 47.2 Å². The molecule has 0 saturated carbocycles. The minimum absolute atomic E-state index is 0.0545. The molecule has 33 heavy (non-hydrogen) atoms. The number of hydrogen-bond donors (Lipinski definition) is 0. The summed E-state index contributed by atoms with van der Waals surface area (Å²) in [5.41, 5.74) is 2.77. The summed E-state index contributed by atoms with van der Waals surface area (Å²) >= 11 is 0. The molecular formula is C28H30O5. The molecule has 5 nitrogen and oxygen atoms in total. The van der Waals surface area contributed by atoms with Crippen LogP contribution in [0.2, 0.25) is 0 Å². The summed E-state index contributed by atoms with van der Waals surface area (Å²) in [4.78, 5) is 13.4. The fourth-order valence-corrected chi connectivity index (χ4v) is 3.97. The van der Waals surface area contributed by atoms with E-state index in [0.29, 0.717) is 42.4 Å². The molecule has 1 heterocycles. The lowest BCUT2D eigenvalue weighted by molar-refractivity contribution is -0.182. The minimum Gasteiger partial charge on any atom is -0.493 e. The van der Waals surface area contributed by atoms with Crippen LogP contribution in [0.5, 0.6) is 17.2 Å². The molecule has 0 N–H and O–H groups in total. The number of aryl methyl sites for hydroxylation is 1. The van der Waals surface area contributed by atoms with Crippen LogP contribution in [0.3, 0.4) is 0 Å². The van der Waals surface area contributed by atoms with Crippen molar-refractivity contribution in [3.63, 3.8) is 0 Å². The van der Waals surface area contributed by atoms with E-state index < -0.39 is 0 Å². The van der Waals surface area contributed by atoms with E-state index in [1.807, 2.05) is 72.8 Å². The molecule has 4 rings (SSSR count). The maximum Gasteiger partial charge on any atom is 0.170 e. The number of hydrogen-bond acceptors (Lipinski definition) is 5. The lowest BCUT2D eigenvalue weighted by Gasteiger charge is -2.27. The summed E-state index contributed by atoms with van der Waals surface area (Å²) in [6.45, 7) is 3.41. The van der Waals surface area contributed by atoms with Crippen molar-refractivity contribution in [2.45, 2.75) is 38.4 Å². The number of carbonyl (C=O) groups excluding carboxylic acids is 1. The molecule has 0 aliphatic carbocycles. The second-order valence-corrected chi connectivity index (χ2v) is 8.05. The predicted molar refractivity (Wildman–Crippen MR) is 127 cm³/mol. The van der Waals surface area contributed by atoms with Gasteiger partial charge in [0.15, 0.2) is 23.6 Å². The van der Waals surface area contributed by atoms with E-state index in [1.54, 1.807) is 7.11 Å². The molecule has 172 valence electrons. The van der Waals surface area contributed by atoms with Gasteiger partial charge in [-0.15, -0.1) is 0 Å². The van der Waals surface area contributed by atoms with Crippen LogP contribution in [-0.4, -0.2) is 32.4 Å². The van der Waals surface area contributed by atoms with E-state index in [-0.39, 0.29) is 18.0 Å². The van der Waals surface area contributed by atoms with Gasteiger partial charge in [-0.1, -0.05) is 55.5 Å². The molecule has 0 amide bonds. The summed E-state index contributed by atoms with van der Waals surface area (Å²) < 4.78 is 23.1. The van der Waals surface area contributed by atoms with E-state index in [2.05, 4.69) is 6.92 Å². The highest BCUT2D eigenvalue weighted by Gasteiger charge is 2.28. The van der Waals surface area contributed by atoms with Gasteiger partial charge < -0.3 is 18.9 Å². The van der Waals surface area contributed by atoms with Crippen molar-refractivity contribution in [2.24, 2.45) is 0 Å². The molecule has 0 bridgehead atoms. The van der Waals surface area contributed by atoms with Crippen molar-refractivity contribution < 1.29 is 23.7 Å². The lowest BCUT2D eigenvalue weighted by atomic mass is 9.87. The zero-order chi connectivity index (χ0) is 23.0. The topological polar surface area (TPSA) is 54.0 Å². The summed E-state index contributed by atoms with van der Waals surface area (Å²) in [6.07, 6.45) is 1.90. The van der Waals surface area contributed by atoms with Crippen molar-refractivity contribution in [3.05, 3.63) is 89.5 Å². The predicted octanol–water partition coefficient (Wildman–Crippen LogP) is 6.17. The number of Topliss-reactive ketones (excluding diaryl/α,β-unsaturated/α-hetero) is 1. The smallest absolute Gasteiger partial charge is 0.170 e. The molecule has 3 aromatic rings. The minimum atomic E-state index is -0.381. The van der Waals surface area contributed by atoms with Crippen molar-refractivity contribution in [1.82, 2.24) is 0 Å². The van der Waals surface area contributed by atoms with Gasteiger partial charge in [0.25, 0.3) is 0 Å². The van der Waals surface area contributed by atoms with E-state index in [9.17, 15) is 4.79 Å². The third kappa shape index (κ3) is 5.81. The van der Waals surface area contributed by atoms with Crippen molar-refractivity contribution >= 4 is 5.78 Å². The number of methoxy groups -OCH3 is 1. The van der Waals surface area contributed by atoms with Crippen LogP contribution in [0.4, 0.5) is 0 Å². The standard InChI is InChI=1S/C28H30O5/c1-3-20-10-15-25(26(18-20)30-2)33-23-13-11-21(12-14-23)24(19-27-31-16-7-17-32-27)28(29)22-8-5-4-6-9-22/h4-6,8-15,18,24,27H,3,7,16-17,19H2,1-2H3. The van der Waals surface area contributed by atoms with E-state index in [4.69, 9.17) is 18.9 Å². The zero-order valence-electron chi connectivity index (χ0n) is 19.2. The Labute approximate surface area is 195 Å². The van der Waals surface area contributed by atoms with Gasteiger partial charge in [-0.25, -0.2) is 0 Å². The maximum absolute atomic E-state index is 13.4. The first-order chi connectivity index (χ1) is 16.2. The maximum atomic E-state index is 13.4. The molecule has 1 fully saturated rings. The van der Waals surface area contributed by atoms with E-state index in [1.165, 1.54) is 5.56 Å². The summed E-state index contributed by atoms with van der Waals surface area (Å²) in [5.74, 6) is 1.71. The fourth-order valence-electron chi connectivity index (χ4n) is 3.97. The fraction of sp³-hybridized carbons (Fsp3) is 0.321. The SMILES string of the molecule is CCc1ccc(Oc2ccc(C(CC3OCCCO3)C(=O)c3ccccc3)cc2)c(OC)c1. The normalized spacial score (nSPS) is 15.1. The first-order valence-electron chi connectivity index (χ1n) is 11.4. The Morgan fingerprint density at radius 1 is 0.970 bits per heavy atom. The molecule has 1 unspecified atom stereocenters. The Kier molecular flexibility index (Phi) is 7.76. The van der Waals surface area contributed by atoms with Gasteiger partial charge in [-0.05, 0) is 48.2 Å². The second-order valence-electron chi connectivity index (χ2n) is 8.05. The third-order valence-corrected chi connectivity index (χ3v) is 5.85. The van der Waals surface area contributed by atoms with Crippen LogP contribution in [0.25, 0.3) is 0 Å². The van der Waals surface area contributed by atoms with Gasteiger partial charge in [0.05, 0.1) is 26.2 Å². The van der Waals surface area contributed by atoms with Gasteiger partial charge in [-0.2, -0.15) is 0 Å². The molecule has 1 aliphatic rings. The first kappa shape index (κ1) is 23.0. The Morgan fingerprint density at radius 3 is 2.36 bits per heavy atom. The Bertz CT molecular complexity index is 1040. The summed E-state index contributed by atoms with van der Waals surface area (Å²) in [7, 11) is 1.64. The van der Waals surface area contributed by atoms with Crippen LogP contribution < -0.4 is 9.47 Å². The summed E-state index contributed by atoms with van der Waals surface area (Å²) in [5, 5.41) is 0. The zero-order valence-corrected chi connectivity index (χ0v) is 19.2. The highest BCUT2D eigenvalue weighted by molar-refractivity contribution is 6.01. The monoisotopic (exact) mass is 446 g/mol.